The molecule has 0 aliphatic carbocycles. The zero-order valence-corrected chi connectivity index (χ0v) is 18.2. The molecule has 10 heteroatoms. The quantitative estimate of drug-likeness (QED) is 0.562. The second-order valence-electron chi connectivity index (χ2n) is 7.71. The first-order valence-electron chi connectivity index (χ1n) is 10.6. The molecule has 10 nitrogen and oxygen atoms in total. The highest BCUT2D eigenvalue weighted by molar-refractivity contribution is 6.00. The normalized spacial score (nSPS) is 16.2. The van der Waals surface area contributed by atoms with Crippen molar-refractivity contribution < 1.29 is 18.8 Å². The van der Waals surface area contributed by atoms with Crippen LogP contribution in [0.2, 0.25) is 0 Å². The van der Waals surface area contributed by atoms with Gasteiger partial charge in [-0.25, -0.2) is 4.68 Å². The number of methoxy groups -OCH3 is 1. The van der Waals surface area contributed by atoms with Crippen LogP contribution in [-0.4, -0.2) is 70.2 Å². The molecule has 1 aromatic carbocycles. The number of carbonyl (C=O) groups excluding carboxylic acids is 2. The molecule has 1 aliphatic heterocycles. The Morgan fingerprint density at radius 1 is 1.28 bits per heavy atom. The molecule has 32 heavy (non-hydrogen) atoms. The van der Waals surface area contributed by atoms with E-state index >= 15 is 0 Å². The smallest absolute Gasteiger partial charge is 0.273 e. The number of hydrogen-bond donors (Lipinski definition) is 1. The molecule has 1 saturated heterocycles. The maximum Gasteiger partial charge on any atom is 0.273 e. The summed E-state index contributed by atoms with van der Waals surface area (Å²) < 4.78 is 12.0. The third-order valence-corrected chi connectivity index (χ3v) is 5.52. The van der Waals surface area contributed by atoms with Gasteiger partial charge in [0.05, 0.1) is 18.8 Å². The molecule has 3 heterocycles. The zero-order chi connectivity index (χ0) is 22.5. The number of aromatic nitrogens is 4. The summed E-state index contributed by atoms with van der Waals surface area (Å²) in [6.45, 7) is 3.67. The molecule has 4 rings (SSSR count). The Morgan fingerprint density at radius 3 is 2.88 bits per heavy atom. The molecule has 2 aromatic heterocycles. The number of ether oxygens (including phenoxy) is 1. The van der Waals surface area contributed by atoms with Gasteiger partial charge < -0.3 is 19.5 Å². The van der Waals surface area contributed by atoms with E-state index in [1.165, 1.54) is 0 Å². The first-order chi connectivity index (χ1) is 15.6. The van der Waals surface area contributed by atoms with Crippen molar-refractivity contribution >= 4 is 11.8 Å². The van der Waals surface area contributed by atoms with Gasteiger partial charge in [0.25, 0.3) is 11.8 Å². The lowest BCUT2D eigenvalue weighted by Gasteiger charge is -2.32. The summed E-state index contributed by atoms with van der Waals surface area (Å²) in [4.78, 5) is 27.4. The molecule has 0 spiro atoms. The standard InChI is InChI=1S/C22H26N6O4/c1-15-19(20(25-32-15)16-7-4-3-5-8-16)22(30)27-11-6-9-17(13-27)28-14-18(24-26-28)21(29)23-10-12-31-2/h3-5,7-8,14,17H,6,9-13H2,1-2H3,(H,23,29)/t17-/m0/s1. The van der Waals surface area contributed by atoms with Crippen LogP contribution in [0.1, 0.15) is 45.5 Å². The van der Waals surface area contributed by atoms with Crippen LogP contribution in [0.25, 0.3) is 11.3 Å². The third-order valence-electron chi connectivity index (χ3n) is 5.52. The number of piperidine rings is 1. The largest absolute Gasteiger partial charge is 0.383 e. The summed E-state index contributed by atoms with van der Waals surface area (Å²) in [5.74, 6) is 0.0707. The van der Waals surface area contributed by atoms with Gasteiger partial charge in [-0.3, -0.25) is 9.59 Å². The lowest BCUT2D eigenvalue weighted by Crippen LogP contribution is -2.41. The van der Waals surface area contributed by atoms with E-state index in [0.717, 1.165) is 18.4 Å². The van der Waals surface area contributed by atoms with Crippen molar-refractivity contribution in [1.29, 1.82) is 0 Å². The van der Waals surface area contributed by atoms with E-state index in [9.17, 15) is 9.59 Å². The van der Waals surface area contributed by atoms with E-state index in [1.54, 1.807) is 29.8 Å². The lowest BCUT2D eigenvalue weighted by atomic mass is 10.0. The Labute approximate surface area is 185 Å². The van der Waals surface area contributed by atoms with Crippen molar-refractivity contribution in [2.45, 2.75) is 25.8 Å². The Kier molecular flexibility index (Phi) is 6.60. The topological polar surface area (TPSA) is 115 Å². The molecule has 1 fully saturated rings. The van der Waals surface area contributed by atoms with Crippen molar-refractivity contribution in [1.82, 2.24) is 30.4 Å². The van der Waals surface area contributed by atoms with Crippen LogP contribution in [0.4, 0.5) is 0 Å². The summed E-state index contributed by atoms with van der Waals surface area (Å²) in [6.07, 6.45) is 3.28. The Bertz CT molecular complexity index is 1080. The van der Waals surface area contributed by atoms with Crippen LogP contribution in [0.3, 0.4) is 0 Å². The third kappa shape index (κ3) is 4.54. The van der Waals surface area contributed by atoms with E-state index in [2.05, 4.69) is 20.8 Å². The minimum Gasteiger partial charge on any atom is -0.383 e. The predicted molar refractivity (Wildman–Crippen MR) is 115 cm³/mol. The SMILES string of the molecule is COCCNC(=O)c1cn([C@H]2CCCN(C(=O)c3c(-c4ccccc4)noc3C)C2)nn1. The fraction of sp³-hybridized carbons (Fsp3) is 0.409. The summed E-state index contributed by atoms with van der Waals surface area (Å²) >= 11 is 0. The van der Waals surface area contributed by atoms with Gasteiger partial charge in [0, 0.05) is 32.3 Å². The van der Waals surface area contributed by atoms with Crippen LogP contribution in [-0.2, 0) is 4.74 Å². The van der Waals surface area contributed by atoms with E-state index in [4.69, 9.17) is 9.26 Å². The van der Waals surface area contributed by atoms with Gasteiger partial charge >= 0.3 is 0 Å². The van der Waals surface area contributed by atoms with Gasteiger partial charge in [0.15, 0.2) is 5.69 Å². The van der Waals surface area contributed by atoms with Gasteiger partial charge in [-0.2, -0.15) is 0 Å². The average Bonchev–Trinajstić information content (AvgIpc) is 3.47. The second-order valence-corrected chi connectivity index (χ2v) is 7.71. The number of likely N-dealkylation sites (tertiary alicyclic amines) is 1. The van der Waals surface area contributed by atoms with Gasteiger partial charge in [-0.15, -0.1) is 5.10 Å². The highest BCUT2D eigenvalue weighted by atomic mass is 16.5. The Balaban J connectivity index is 1.48. The molecule has 1 N–H and O–H groups in total. The van der Waals surface area contributed by atoms with Crippen LogP contribution >= 0.6 is 0 Å². The summed E-state index contributed by atoms with van der Waals surface area (Å²) in [5.41, 5.74) is 2.10. The maximum absolute atomic E-state index is 13.4. The second kappa shape index (κ2) is 9.73. The lowest BCUT2D eigenvalue weighted by molar-refractivity contribution is 0.0670. The highest BCUT2D eigenvalue weighted by Gasteiger charge is 2.31. The molecule has 168 valence electrons. The fourth-order valence-electron chi connectivity index (χ4n) is 3.85. The van der Waals surface area contributed by atoms with Gasteiger partial charge in [-0.1, -0.05) is 40.7 Å². The number of hydrogen-bond acceptors (Lipinski definition) is 7. The first kappa shape index (κ1) is 21.7. The molecule has 0 saturated carbocycles. The summed E-state index contributed by atoms with van der Waals surface area (Å²) in [5, 5.41) is 15.0. The van der Waals surface area contributed by atoms with Gasteiger partial charge in [0.1, 0.15) is 17.0 Å². The molecule has 0 radical (unpaired) electrons. The van der Waals surface area contributed by atoms with Crippen molar-refractivity contribution in [3.8, 4) is 11.3 Å². The number of amides is 2. The minimum absolute atomic E-state index is 0.0685. The predicted octanol–water partition coefficient (Wildman–Crippen LogP) is 2.10. The highest BCUT2D eigenvalue weighted by Crippen LogP contribution is 2.29. The molecule has 0 unspecified atom stereocenters. The Morgan fingerprint density at radius 2 is 2.09 bits per heavy atom. The number of nitrogens with one attached hydrogen (secondary N) is 1. The number of nitrogens with zero attached hydrogens (tertiary/aromatic N) is 5. The average molecular weight is 438 g/mol. The van der Waals surface area contributed by atoms with Crippen molar-refractivity contribution in [3.63, 3.8) is 0 Å². The molecule has 0 bridgehead atoms. The number of aryl methyl sites for hydroxylation is 1. The van der Waals surface area contributed by atoms with Crippen LogP contribution in [0.5, 0.6) is 0 Å². The van der Waals surface area contributed by atoms with Gasteiger partial charge in [0.2, 0.25) is 0 Å². The van der Waals surface area contributed by atoms with Crippen molar-refractivity contribution in [2.24, 2.45) is 0 Å². The molecule has 1 atom stereocenters. The number of benzene rings is 1. The van der Waals surface area contributed by atoms with E-state index < -0.39 is 0 Å². The van der Waals surface area contributed by atoms with Crippen molar-refractivity contribution in [2.75, 3.05) is 33.4 Å². The molecule has 1 aliphatic rings. The van der Waals surface area contributed by atoms with Crippen LogP contribution in [0, 0.1) is 6.92 Å². The van der Waals surface area contributed by atoms with E-state index in [-0.39, 0.29) is 23.6 Å². The zero-order valence-electron chi connectivity index (χ0n) is 18.2. The monoisotopic (exact) mass is 438 g/mol. The van der Waals surface area contributed by atoms with Crippen molar-refractivity contribution in [3.05, 3.63) is 53.5 Å². The summed E-state index contributed by atoms with van der Waals surface area (Å²) in [6, 6.07) is 9.46. The maximum atomic E-state index is 13.4. The fourth-order valence-corrected chi connectivity index (χ4v) is 3.85. The van der Waals surface area contributed by atoms with Crippen LogP contribution < -0.4 is 5.32 Å². The number of rotatable bonds is 7. The van der Waals surface area contributed by atoms with Crippen LogP contribution in [0.15, 0.2) is 41.1 Å². The Hall–Kier alpha value is -3.53. The molecule has 3 aromatic rings. The minimum atomic E-state index is -0.301. The molecular weight excluding hydrogens is 412 g/mol. The van der Waals surface area contributed by atoms with Gasteiger partial charge in [-0.05, 0) is 19.8 Å². The van der Waals surface area contributed by atoms with E-state index in [1.807, 2.05) is 30.3 Å². The first-order valence-corrected chi connectivity index (χ1v) is 10.6. The number of carbonyl (C=O) groups is 2. The molecule has 2 amide bonds. The van der Waals surface area contributed by atoms with E-state index in [0.29, 0.717) is 43.3 Å². The molecular formula is C22H26N6O4. The summed E-state index contributed by atoms with van der Waals surface area (Å²) in [7, 11) is 1.57.